The lowest BCUT2D eigenvalue weighted by Crippen LogP contribution is -2.40. The molecule has 0 aromatic heterocycles. The van der Waals surface area contributed by atoms with Crippen LogP contribution in [0.5, 0.6) is 0 Å². The molecule has 5 heteroatoms. The van der Waals surface area contributed by atoms with Gasteiger partial charge in [0.05, 0.1) is 12.1 Å². The molecule has 0 saturated carbocycles. The Bertz CT molecular complexity index is 412. The van der Waals surface area contributed by atoms with Crippen molar-refractivity contribution in [2.75, 3.05) is 6.54 Å². The molecule has 0 spiro atoms. The molecule has 19 heavy (non-hydrogen) atoms. The summed E-state index contributed by atoms with van der Waals surface area (Å²) >= 11 is 3.46. The van der Waals surface area contributed by atoms with Gasteiger partial charge in [0.1, 0.15) is 0 Å². The number of amides is 2. The summed E-state index contributed by atoms with van der Waals surface area (Å²) in [6.45, 7) is 4.20. The first-order chi connectivity index (χ1) is 9.04. The minimum Gasteiger partial charge on any atom is -0.391 e. The lowest BCUT2D eigenvalue weighted by molar-refractivity contribution is 0.160. The van der Waals surface area contributed by atoms with Crippen LogP contribution in [0.25, 0.3) is 0 Å². The van der Waals surface area contributed by atoms with Gasteiger partial charge in [-0.2, -0.15) is 0 Å². The van der Waals surface area contributed by atoms with Gasteiger partial charge in [0.2, 0.25) is 0 Å². The first-order valence-electron chi connectivity index (χ1n) is 6.51. The molecule has 0 aliphatic carbocycles. The van der Waals surface area contributed by atoms with E-state index in [0.717, 1.165) is 16.5 Å². The van der Waals surface area contributed by atoms with E-state index in [9.17, 15) is 9.90 Å². The average molecular weight is 329 g/mol. The summed E-state index contributed by atoms with van der Waals surface area (Å²) in [4.78, 5) is 11.7. The Hall–Kier alpha value is -1.07. The van der Waals surface area contributed by atoms with E-state index in [2.05, 4.69) is 26.6 Å². The van der Waals surface area contributed by atoms with E-state index in [1.165, 1.54) is 0 Å². The zero-order valence-electron chi connectivity index (χ0n) is 11.3. The van der Waals surface area contributed by atoms with E-state index in [0.29, 0.717) is 6.42 Å². The third-order valence-electron chi connectivity index (χ3n) is 2.84. The number of rotatable bonds is 6. The van der Waals surface area contributed by atoms with Crippen molar-refractivity contribution < 1.29 is 9.90 Å². The van der Waals surface area contributed by atoms with Crippen molar-refractivity contribution in [3.63, 3.8) is 0 Å². The van der Waals surface area contributed by atoms with Crippen LogP contribution in [0.1, 0.15) is 38.3 Å². The molecule has 3 N–H and O–H groups in total. The molecule has 0 radical (unpaired) electrons. The quantitative estimate of drug-likeness (QED) is 0.751. The standard InChI is InChI=1S/C14H21BrN2O2/c1-3-6-11(18)9-16-14(19)17-10(2)12-7-4-5-8-13(12)15/h4-5,7-8,10-11,18H,3,6,9H2,1-2H3,(H2,16,17,19). The number of aliphatic hydroxyl groups is 1. The van der Waals surface area contributed by atoms with Gasteiger partial charge in [-0.3, -0.25) is 0 Å². The molecule has 4 nitrogen and oxygen atoms in total. The van der Waals surface area contributed by atoms with Gasteiger partial charge in [-0.1, -0.05) is 47.5 Å². The molecule has 0 aliphatic rings. The Morgan fingerprint density at radius 1 is 1.42 bits per heavy atom. The summed E-state index contributed by atoms with van der Waals surface area (Å²) in [5.74, 6) is 0. The number of urea groups is 1. The monoisotopic (exact) mass is 328 g/mol. The number of hydrogen-bond donors (Lipinski definition) is 3. The van der Waals surface area contributed by atoms with Crippen LogP contribution in [-0.4, -0.2) is 23.8 Å². The van der Waals surface area contributed by atoms with Crippen LogP contribution in [0.2, 0.25) is 0 Å². The van der Waals surface area contributed by atoms with Crippen LogP contribution in [0, 0.1) is 0 Å². The van der Waals surface area contributed by atoms with E-state index in [4.69, 9.17) is 0 Å². The Labute approximate surface area is 122 Å². The highest BCUT2D eigenvalue weighted by Crippen LogP contribution is 2.22. The van der Waals surface area contributed by atoms with Crippen molar-refractivity contribution >= 4 is 22.0 Å². The maximum atomic E-state index is 11.7. The Balaban J connectivity index is 2.42. The maximum Gasteiger partial charge on any atom is 0.315 e. The zero-order chi connectivity index (χ0) is 14.3. The third-order valence-corrected chi connectivity index (χ3v) is 3.56. The Kier molecular flexibility index (Phi) is 6.87. The second-order valence-electron chi connectivity index (χ2n) is 4.54. The molecule has 106 valence electrons. The highest BCUT2D eigenvalue weighted by molar-refractivity contribution is 9.10. The van der Waals surface area contributed by atoms with Crippen LogP contribution >= 0.6 is 15.9 Å². The fourth-order valence-electron chi connectivity index (χ4n) is 1.80. The predicted molar refractivity (Wildman–Crippen MR) is 80.0 cm³/mol. The maximum absolute atomic E-state index is 11.7. The average Bonchev–Trinajstić information content (AvgIpc) is 2.37. The molecule has 0 fully saturated rings. The largest absolute Gasteiger partial charge is 0.391 e. The molecule has 0 bridgehead atoms. The van der Waals surface area contributed by atoms with Crippen molar-refractivity contribution in [1.82, 2.24) is 10.6 Å². The first-order valence-corrected chi connectivity index (χ1v) is 7.30. The van der Waals surface area contributed by atoms with Crippen LogP contribution in [-0.2, 0) is 0 Å². The van der Waals surface area contributed by atoms with E-state index in [1.54, 1.807) is 0 Å². The highest BCUT2D eigenvalue weighted by atomic mass is 79.9. The van der Waals surface area contributed by atoms with Crippen molar-refractivity contribution in [2.24, 2.45) is 0 Å². The van der Waals surface area contributed by atoms with Crippen molar-refractivity contribution in [3.05, 3.63) is 34.3 Å². The molecule has 2 unspecified atom stereocenters. The van der Waals surface area contributed by atoms with Gasteiger partial charge >= 0.3 is 6.03 Å². The molecule has 1 aromatic carbocycles. The number of aliphatic hydroxyl groups excluding tert-OH is 1. The summed E-state index contributed by atoms with van der Waals surface area (Å²) in [7, 11) is 0. The molecular formula is C14H21BrN2O2. The number of benzene rings is 1. The number of carbonyl (C=O) groups excluding carboxylic acids is 1. The van der Waals surface area contributed by atoms with Crippen molar-refractivity contribution in [2.45, 2.75) is 38.8 Å². The smallest absolute Gasteiger partial charge is 0.315 e. The SMILES string of the molecule is CCCC(O)CNC(=O)NC(C)c1ccccc1Br. The predicted octanol–water partition coefficient (Wildman–Crippen LogP) is 2.97. The number of carbonyl (C=O) groups is 1. The van der Waals surface area contributed by atoms with E-state index < -0.39 is 6.10 Å². The summed E-state index contributed by atoms with van der Waals surface area (Å²) in [6.07, 6.45) is 1.12. The van der Waals surface area contributed by atoms with Gasteiger partial charge in [-0.05, 0) is 25.0 Å². The van der Waals surface area contributed by atoms with E-state index in [1.807, 2.05) is 38.1 Å². The molecule has 1 aromatic rings. The first kappa shape index (κ1) is 16.0. The fourth-order valence-corrected chi connectivity index (χ4v) is 2.43. The zero-order valence-corrected chi connectivity index (χ0v) is 12.9. The molecule has 1 rings (SSSR count). The number of halogens is 1. The van der Waals surface area contributed by atoms with Gasteiger partial charge in [-0.15, -0.1) is 0 Å². The van der Waals surface area contributed by atoms with Gasteiger partial charge in [0, 0.05) is 11.0 Å². The summed E-state index contributed by atoms with van der Waals surface area (Å²) in [5.41, 5.74) is 1.02. The third kappa shape index (κ3) is 5.61. The minimum atomic E-state index is -0.477. The summed E-state index contributed by atoms with van der Waals surface area (Å²) in [5, 5.41) is 15.1. The van der Waals surface area contributed by atoms with E-state index in [-0.39, 0.29) is 18.6 Å². The fraction of sp³-hybridized carbons (Fsp3) is 0.500. The summed E-state index contributed by atoms with van der Waals surface area (Å²) < 4.78 is 0.966. The van der Waals surface area contributed by atoms with Crippen LogP contribution < -0.4 is 10.6 Å². The Morgan fingerprint density at radius 2 is 2.11 bits per heavy atom. The molecule has 2 amide bonds. The lowest BCUT2D eigenvalue weighted by atomic mass is 10.1. The van der Waals surface area contributed by atoms with Gasteiger partial charge in [-0.25, -0.2) is 4.79 Å². The number of nitrogens with one attached hydrogen (secondary N) is 2. The molecule has 0 saturated heterocycles. The molecular weight excluding hydrogens is 308 g/mol. The van der Waals surface area contributed by atoms with Crippen LogP contribution in [0.15, 0.2) is 28.7 Å². The molecule has 0 heterocycles. The van der Waals surface area contributed by atoms with Gasteiger partial charge < -0.3 is 15.7 Å². The van der Waals surface area contributed by atoms with Crippen molar-refractivity contribution in [1.29, 1.82) is 0 Å². The highest BCUT2D eigenvalue weighted by Gasteiger charge is 2.12. The van der Waals surface area contributed by atoms with Crippen LogP contribution in [0.3, 0.4) is 0 Å². The van der Waals surface area contributed by atoms with Crippen molar-refractivity contribution in [3.8, 4) is 0 Å². The topological polar surface area (TPSA) is 61.4 Å². The van der Waals surface area contributed by atoms with E-state index >= 15 is 0 Å². The Morgan fingerprint density at radius 3 is 2.74 bits per heavy atom. The second-order valence-corrected chi connectivity index (χ2v) is 5.39. The molecule has 2 atom stereocenters. The second kappa shape index (κ2) is 8.17. The van der Waals surface area contributed by atoms with Gasteiger partial charge in [0.25, 0.3) is 0 Å². The summed E-state index contributed by atoms with van der Waals surface area (Å²) in [6, 6.07) is 7.40. The minimum absolute atomic E-state index is 0.0982. The van der Waals surface area contributed by atoms with Gasteiger partial charge in [0.15, 0.2) is 0 Å². The number of hydrogen-bond acceptors (Lipinski definition) is 2. The van der Waals surface area contributed by atoms with Crippen LogP contribution in [0.4, 0.5) is 4.79 Å². The normalized spacial score (nSPS) is 13.7. The lowest BCUT2D eigenvalue weighted by Gasteiger charge is -2.17. The molecule has 0 aliphatic heterocycles.